The number of piperidine rings is 1. The van der Waals surface area contributed by atoms with Gasteiger partial charge in [-0.05, 0) is 56.0 Å². The van der Waals surface area contributed by atoms with Gasteiger partial charge in [-0.2, -0.15) is 0 Å². The zero-order valence-electron chi connectivity index (χ0n) is 11.6. The van der Waals surface area contributed by atoms with Crippen LogP contribution in [-0.4, -0.2) is 25.5 Å². The van der Waals surface area contributed by atoms with Crippen LogP contribution in [0.25, 0.3) is 0 Å². The summed E-state index contributed by atoms with van der Waals surface area (Å²) in [6.45, 7) is 5.42. The highest BCUT2D eigenvalue weighted by Crippen LogP contribution is 2.58. The van der Waals surface area contributed by atoms with Crippen molar-refractivity contribution in [1.29, 1.82) is 0 Å². The van der Waals surface area contributed by atoms with Crippen LogP contribution >= 0.6 is 0 Å². The maximum atomic E-state index is 12.2. The highest BCUT2D eigenvalue weighted by Gasteiger charge is 2.57. The Bertz CT molecular complexity index is 327. The van der Waals surface area contributed by atoms with Gasteiger partial charge in [-0.3, -0.25) is 4.79 Å². The minimum atomic E-state index is 0.324. The van der Waals surface area contributed by atoms with Crippen LogP contribution in [0.3, 0.4) is 0 Å². The van der Waals surface area contributed by atoms with E-state index in [1.807, 2.05) is 0 Å². The van der Waals surface area contributed by atoms with Gasteiger partial charge in [-0.15, -0.1) is 0 Å². The maximum absolute atomic E-state index is 12.2. The predicted molar refractivity (Wildman–Crippen MR) is 72.2 cm³/mol. The van der Waals surface area contributed by atoms with Gasteiger partial charge in [0, 0.05) is 12.5 Å². The first kappa shape index (κ1) is 12.5. The molecule has 102 valence electrons. The molecule has 3 fully saturated rings. The standard InChI is InChI=1S/C15H26N2O/c1-14(4-2-3-5-14)11-17-13(18)12-10-15(12)6-8-16-9-7-15/h12,16H,2-11H2,1H3,(H,17,18). The molecule has 0 bridgehead atoms. The molecule has 1 heterocycles. The Balaban J connectivity index is 1.48. The normalized spacial score (nSPS) is 32.4. The molecule has 1 spiro atoms. The highest BCUT2D eigenvalue weighted by atomic mass is 16.2. The zero-order chi connectivity index (χ0) is 12.6. The van der Waals surface area contributed by atoms with Crippen LogP contribution in [-0.2, 0) is 4.79 Å². The predicted octanol–water partition coefficient (Wildman–Crippen LogP) is 2.07. The van der Waals surface area contributed by atoms with E-state index in [1.54, 1.807) is 0 Å². The van der Waals surface area contributed by atoms with Crippen LogP contribution in [0.2, 0.25) is 0 Å². The molecule has 0 aromatic heterocycles. The smallest absolute Gasteiger partial charge is 0.223 e. The van der Waals surface area contributed by atoms with E-state index >= 15 is 0 Å². The van der Waals surface area contributed by atoms with E-state index in [4.69, 9.17) is 0 Å². The minimum Gasteiger partial charge on any atom is -0.355 e. The molecule has 0 aromatic carbocycles. The second kappa shape index (κ2) is 4.52. The average molecular weight is 250 g/mol. The molecule has 1 unspecified atom stereocenters. The molecule has 3 nitrogen and oxygen atoms in total. The lowest BCUT2D eigenvalue weighted by Gasteiger charge is -2.25. The number of nitrogens with one attached hydrogen (secondary N) is 2. The Labute approximate surface area is 110 Å². The van der Waals surface area contributed by atoms with Gasteiger partial charge in [0.1, 0.15) is 0 Å². The molecule has 2 aliphatic carbocycles. The quantitative estimate of drug-likeness (QED) is 0.805. The van der Waals surface area contributed by atoms with Crippen molar-refractivity contribution in [3.8, 4) is 0 Å². The van der Waals surface area contributed by atoms with E-state index < -0.39 is 0 Å². The highest BCUT2D eigenvalue weighted by molar-refractivity contribution is 5.82. The van der Waals surface area contributed by atoms with E-state index in [1.165, 1.54) is 38.5 Å². The summed E-state index contributed by atoms with van der Waals surface area (Å²) in [5, 5.41) is 6.63. The fourth-order valence-electron chi connectivity index (χ4n) is 4.02. The zero-order valence-corrected chi connectivity index (χ0v) is 11.6. The van der Waals surface area contributed by atoms with Crippen molar-refractivity contribution in [3.63, 3.8) is 0 Å². The third kappa shape index (κ3) is 2.29. The number of amides is 1. The van der Waals surface area contributed by atoms with Crippen molar-refractivity contribution < 1.29 is 4.79 Å². The molecule has 2 N–H and O–H groups in total. The molecule has 18 heavy (non-hydrogen) atoms. The monoisotopic (exact) mass is 250 g/mol. The minimum absolute atomic E-state index is 0.324. The summed E-state index contributed by atoms with van der Waals surface area (Å²) < 4.78 is 0. The number of carbonyl (C=O) groups is 1. The van der Waals surface area contributed by atoms with E-state index in [-0.39, 0.29) is 0 Å². The third-order valence-electron chi connectivity index (χ3n) is 5.61. The molecular formula is C15H26N2O. The Kier molecular flexibility index (Phi) is 3.13. The number of rotatable bonds is 3. The first-order chi connectivity index (χ1) is 8.64. The average Bonchev–Trinajstić information content (AvgIpc) is 2.88. The Morgan fingerprint density at radius 2 is 1.89 bits per heavy atom. The first-order valence-electron chi connectivity index (χ1n) is 7.62. The molecule has 1 aliphatic heterocycles. The number of carbonyl (C=O) groups excluding carboxylic acids is 1. The molecule has 3 aliphatic rings. The Morgan fingerprint density at radius 3 is 2.56 bits per heavy atom. The second-order valence-electron chi connectivity index (χ2n) is 7.10. The lowest BCUT2D eigenvalue weighted by Crippen LogP contribution is -2.37. The van der Waals surface area contributed by atoms with Gasteiger partial charge in [0.25, 0.3) is 0 Å². The molecule has 1 atom stereocenters. The van der Waals surface area contributed by atoms with Crippen molar-refractivity contribution in [1.82, 2.24) is 10.6 Å². The van der Waals surface area contributed by atoms with E-state index in [9.17, 15) is 4.79 Å². The lowest BCUT2D eigenvalue weighted by molar-refractivity contribution is -0.123. The van der Waals surface area contributed by atoms with Crippen LogP contribution in [0.5, 0.6) is 0 Å². The molecule has 3 rings (SSSR count). The van der Waals surface area contributed by atoms with Gasteiger partial charge >= 0.3 is 0 Å². The van der Waals surface area contributed by atoms with Crippen LogP contribution in [0.1, 0.15) is 51.9 Å². The fraction of sp³-hybridized carbons (Fsp3) is 0.933. The van der Waals surface area contributed by atoms with Crippen LogP contribution in [0.15, 0.2) is 0 Å². The number of hydrogen-bond acceptors (Lipinski definition) is 2. The molecule has 2 saturated carbocycles. The Hall–Kier alpha value is -0.570. The Morgan fingerprint density at radius 1 is 1.22 bits per heavy atom. The van der Waals surface area contributed by atoms with Crippen molar-refractivity contribution in [2.45, 2.75) is 51.9 Å². The topological polar surface area (TPSA) is 41.1 Å². The molecule has 1 saturated heterocycles. The first-order valence-corrected chi connectivity index (χ1v) is 7.62. The van der Waals surface area contributed by atoms with Gasteiger partial charge < -0.3 is 10.6 Å². The van der Waals surface area contributed by atoms with Gasteiger partial charge in [0.2, 0.25) is 5.91 Å². The lowest BCUT2D eigenvalue weighted by atomic mass is 9.88. The molecule has 0 aromatic rings. The summed E-state index contributed by atoms with van der Waals surface area (Å²) in [5.41, 5.74) is 0.762. The summed E-state index contributed by atoms with van der Waals surface area (Å²) in [5.74, 6) is 0.662. The fourth-order valence-corrected chi connectivity index (χ4v) is 4.02. The summed E-state index contributed by atoms with van der Waals surface area (Å²) in [4.78, 5) is 12.2. The largest absolute Gasteiger partial charge is 0.355 e. The van der Waals surface area contributed by atoms with Crippen molar-refractivity contribution in [2.24, 2.45) is 16.7 Å². The number of hydrogen-bond donors (Lipinski definition) is 2. The molecule has 3 heteroatoms. The van der Waals surface area contributed by atoms with Crippen LogP contribution in [0.4, 0.5) is 0 Å². The second-order valence-corrected chi connectivity index (χ2v) is 7.10. The van der Waals surface area contributed by atoms with Crippen molar-refractivity contribution in [2.75, 3.05) is 19.6 Å². The van der Waals surface area contributed by atoms with Gasteiger partial charge in [0.15, 0.2) is 0 Å². The molecule has 1 amide bonds. The van der Waals surface area contributed by atoms with E-state index in [2.05, 4.69) is 17.6 Å². The van der Waals surface area contributed by atoms with Gasteiger partial charge in [-0.25, -0.2) is 0 Å². The maximum Gasteiger partial charge on any atom is 0.223 e. The van der Waals surface area contributed by atoms with Crippen LogP contribution in [0, 0.1) is 16.7 Å². The summed E-state index contributed by atoms with van der Waals surface area (Å²) >= 11 is 0. The molecule has 0 radical (unpaired) electrons. The summed E-state index contributed by atoms with van der Waals surface area (Å²) in [6, 6.07) is 0. The van der Waals surface area contributed by atoms with Crippen LogP contribution < -0.4 is 10.6 Å². The third-order valence-corrected chi connectivity index (χ3v) is 5.61. The van der Waals surface area contributed by atoms with Gasteiger partial charge in [0.05, 0.1) is 0 Å². The molecular weight excluding hydrogens is 224 g/mol. The summed E-state index contributed by atoms with van der Waals surface area (Å²) in [7, 11) is 0. The van der Waals surface area contributed by atoms with E-state index in [0.29, 0.717) is 22.7 Å². The van der Waals surface area contributed by atoms with E-state index in [0.717, 1.165) is 26.1 Å². The van der Waals surface area contributed by atoms with Gasteiger partial charge in [-0.1, -0.05) is 19.8 Å². The SMILES string of the molecule is CC1(CNC(=O)C2CC23CCNCC3)CCCC1. The summed E-state index contributed by atoms with van der Waals surface area (Å²) in [6.07, 6.45) is 8.78. The van der Waals surface area contributed by atoms with Crippen molar-refractivity contribution >= 4 is 5.91 Å². The van der Waals surface area contributed by atoms with Crippen molar-refractivity contribution in [3.05, 3.63) is 0 Å².